The van der Waals surface area contributed by atoms with Crippen LogP contribution in [0.2, 0.25) is 0 Å². The van der Waals surface area contributed by atoms with Crippen LogP contribution in [0.15, 0.2) is 47.0 Å². The molecule has 1 saturated heterocycles. The van der Waals surface area contributed by atoms with Crippen LogP contribution in [0.25, 0.3) is 0 Å². The van der Waals surface area contributed by atoms with Crippen molar-refractivity contribution in [3.63, 3.8) is 0 Å². The van der Waals surface area contributed by atoms with E-state index < -0.39 is 0 Å². The number of benzene rings is 1. The van der Waals surface area contributed by atoms with Crippen molar-refractivity contribution in [2.75, 3.05) is 18.0 Å². The second kappa shape index (κ2) is 6.37. The lowest BCUT2D eigenvalue weighted by Crippen LogP contribution is -2.27. The Hall–Kier alpha value is -1.59. The second-order valence-electron chi connectivity index (χ2n) is 6.39. The average Bonchev–Trinajstić information content (AvgIpc) is 2.96. The molecule has 1 aromatic carbocycles. The third-order valence-electron chi connectivity index (χ3n) is 4.70. The average molecular weight is 359 g/mol. The molecule has 0 saturated carbocycles. The van der Waals surface area contributed by atoms with Gasteiger partial charge in [-0.15, -0.1) is 0 Å². The first-order valence-corrected chi connectivity index (χ1v) is 9.47. The molecule has 3 nitrogen and oxygen atoms in total. The van der Waals surface area contributed by atoms with Crippen LogP contribution in [0.4, 0.5) is 5.69 Å². The zero-order valence-corrected chi connectivity index (χ0v) is 16.1. The van der Waals surface area contributed by atoms with E-state index in [-0.39, 0.29) is 11.3 Å². The van der Waals surface area contributed by atoms with Gasteiger partial charge in [0.2, 0.25) is 0 Å². The molecule has 24 heavy (non-hydrogen) atoms. The first-order chi connectivity index (χ1) is 11.4. The standard InChI is InChI=1S/C19H22N2OS2/c1-5-20-14-10-8-7-9-13(14)19(3,4)16(20)12-11-15-17(22)21(6-2)18(23)24-15/h7-12H,5-6H2,1-4H3/b15-11+,16-12-. The number of hydrogen-bond donors (Lipinski definition) is 0. The smallest absolute Gasteiger partial charge is 0.266 e. The summed E-state index contributed by atoms with van der Waals surface area (Å²) in [5, 5.41) is 0. The predicted molar refractivity (Wildman–Crippen MR) is 106 cm³/mol. The number of allylic oxidation sites excluding steroid dienone is 3. The summed E-state index contributed by atoms with van der Waals surface area (Å²) in [6.07, 6.45) is 4.02. The van der Waals surface area contributed by atoms with E-state index in [2.05, 4.69) is 56.0 Å². The number of hydrogen-bond acceptors (Lipinski definition) is 4. The fourth-order valence-corrected chi connectivity index (χ4v) is 4.75. The van der Waals surface area contributed by atoms with Crippen molar-refractivity contribution in [2.24, 2.45) is 0 Å². The van der Waals surface area contributed by atoms with E-state index in [0.29, 0.717) is 15.8 Å². The molecule has 0 N–H and O–H groups in total. The van der Waals surface area contributed by atoms with Gasteiger partial charge in [0.25, 0.3) is 5.91 Å². The summed E-state index contributed by atoms with van der Waals surface area (Å²) < 4.78 is 0.647. The highest BCUT2D eigenvalue weighted by Gasteiger charge is 2.39. The van der Waals surface area contributed by atoms with Crippen LogP contribution in [0.3, 0.4) is 0 Å². The largest absolute Gasteiger partial charge is 0.344 e. The number of carbonyl (C=O) groups is 1. The van der Waals surface area contributed by atoms with Crippen molar-refractivity contribution >= 4 is 39.9 Å². The molecule has 2 aliphatic rings. The van der Waals surface area contributed by atoms with Gasteiger partial charge < -0.3 is 4.90 Å². The molecule has 126 valence electrons. The number of fused-ring (bicyclic) bond motifs is 1. The number of para-hydroxylation sites is 1. The van der Waals surface area contributed by atoms with Crippen LogP contribution in [0, 0.1) is 0 Å². The first kappa shape index (κ1) is 17.2. The summed E-state index contributed by atoms with van der Waals surface area (Å²) in [5.74, 6) is 0.0146. The molecule has 5 heteroatoms. The number of nitrogens with zero attached hydrogens (tertiary/aromatic N) is 2. The lowest BCUT2D eigenvalue weighted by Gasteiger charge is -2.25. The van der Waals surface area contributed by atoms with Gasteiger partial charge in [0.1, 0.15) is 4.32 Å². The second-order valence-corrected chi connectivity index (χ2v) is 8.06. The Morgan fingerprint density at radius 1 is 1.12 bits per heavy atom. The quantitative estimate of drug-likeness (QED) is 0.588. The molecular formula is C19H22N2OS2. The van der Waals surface area contributed by atoms with Crippen molar-refractivity contribution < 1.29 is 4.79 Å². The molecule has 1 amide bonds. The van der Waals surface area contributed by atoms with Gasteiger partial charge in [-0.3, -0.25) is 9.69 Å². The van der Waals surface area contributed by atoms with E-state index in [0.717, 1.165) is 6.54 Å². The molecule has 3 rings (SSSR count). The molecule has 1 fully saturated rings. The van der Waals surface area contributed by atoms with Gasteiger partial charge in [-0.05, 0) is 37.6 Å². The van der Waals surface area contributed by atoms with Crippen LogP contribution in [-0.2, 0) is 10.2 Å². The molecule has 2 aliphatic heterocycles. The topological polar surface area (TPSA) is 23.6 Å². The van der Waals surface area contributed by atoms with Gasteiger partial charge in [0.05, 0.1) is 4.91 Å². The summed E-state index contributed by atoms with van der Waals surface area (Å²) in [6.45, 7) is 10.1. The molecule has 0 aromatic heterocycles. The minimum absolute atomic E-state index is 0.0146. The summed E-state index contributed by atoms with van der Waals surface area (Å²) >= 11 is 6.68. The highest BCUT2D eigenvalue weighted by atomic mass is 32.2. The Morgan fingerprint density at radius 3 is 2.42 bits per heavy atom. The highest BCUT2D eigenvalue weighted by Crippen LogP contribution is 2.47. The van der Waals surface area contributed by atoms with E-state index in [1.54, 1.807) is 4.90 Å². The zero-order valence-electron chi connectivity index (χ0n) is 14.5. The summed E-state index contributed by atoms with van der Waals surface area (Å²) in [5.41, 5.74) is 3.72. The maximum atomic E-state index is 12.4. The molecule has 0 bridgehead atoms. The third-order valence-corrected chi connectivity index (χ3v) is 6.09. The van der Waals surface area contributed by atoms with E-state index in [1.807, 2.05) is 13.0 Å². The van der Waals surface area contributed by atoms with Gasteiger partial charge in [0.15, 0.2) is 0 Å². The number of amides is 1. The Balaban J connectivity index is 2.00. The minimum Gasteiger partial charge on any atom is -0.344 e. The van der Waals surface area contributed by atoms with Crippen LogP contribution < -0.4 is 4.90 Å². The number of likely N-dealkylation sites (N-methyl/N-ethyl adjacent to an activating group) is 2. The summed E-state index contributed by atoms with van der Waals surface area (Å²) in [7, 11) is 0. The Labute approximate surface area is 153 Å². The molecule has 0 spiro atoms. The number of thioether (sulfide) groups is 1. The predicted octanol–water partition coefficient (Wildman–Crippen LogP) is 4.45. The number of anilines is 1. The lowest BCUT2D eigenvalue weighted by molar-refractivity contribution is -0.122. The van der Waals surface area contributed by atoms with Crippen LogP contribution in [-0.4, -0.2) is 28.2 Å². The van der Waals surface area contributed by atoms with E-state index in [9.17, 15) is 4.79 Å². The van der Waals surface area contributed by atoms with Crippen LogP contribution in [0.5, 0.6) is 0 Å². The Kier molecular flexibility index (Phi) is 4.58. The van der Waals surface area contributed by atoms with Crippen molar-refractivity contribution in [1.82, 2.24) is 4.90 Å². The lowest BCUT2D eigenvalue weighted by atomic mass is 9.84. The van der Waals surface area contributed by atoms with E-state index in [4.69, 9.17) is 12.2 Å². The maximum Gasteiger partial charge on any atom is 0.266 e. The van der Waals surface area contributed by atoms with Crippen LogP contribution in [0.1, 0.15) is 33.3 Å². The van der Waals surface area contributed by atoms with Crippen molar-refractivity contribution in [3.8, 4) is 0 Å². The van der Waals surface area contributed by atoms with Gasteiger partial charge in [-0.1, -0.05) is 56.0 Å². The van der Waals surface area contributed by atoms with E-state index in [1.165, 1.54) is 28.7 Å². The van der Waals surface area contributed by atoms with Gasteiger partial charge >= 0.3 is 0 Å². The van der Waals surface area contributed by atoms with E-state index >= 15 is 0 Å². The van der Waals surface area contributed by atoms with Crippen molar-refractivity contribution in [1.29, 1.82) is 0 Å². The fraction of sp³-hybridized carbons (Fsp3) is 0.368. The normalized spacial score (nSPS) is 22.8. The molecule has 0 unspecified atom stereocenters. The maximum absolute atomic E-state index is 12.4. The molecular weight excluding hydrogens is 336 g/mol. The monoisotopic (exact) mass is 358 g/mol. The Bertz CT molecular complexity index is 764. The minimum atomic E-state index is -0.0824. The Morgan fingerprint density at radius 2 is 1.79 bits per heavy atom. The number of thiocarbonyl (C=S) groups is 1. The van der Waals surface area contributed by atoms with Gasteiger partial charge in [-0.25, -0.2) is 0 Å². The van der Waals surface area contributed by atoms with Gasteiger partial charge in [0, 0.05) is 29.9 Å². The van der Waals surface area contributed by atoms with Crippen molar-refractivity contribution in [3.05, 3.63) is 52.6 Å². The highest BCUT2D eigenvalue weighted by molar-refractivity contribution is 8.26. The van der Waals surface area contributed by atoms with Gasteiger partial charge in [-0.2, -0.15) is 0 Å². The molecule has 0 radical (unpaired) electrons. The third kappa shape index (κ3) is 2.60. The first-order valence-electron chi connectivity index (χ1n) is 8.25. The SMILES string of the molecule is CCN1C(=O)/C(=C\C=C2/N(CC)c3ccccc3C2(C)C)SC1=S. The molecule has 0 aliphatic carbocycles. The molecule has 2 heterocycles. The molecule has 1 aromatic rings. The summed E-state index contributed by atoms with van der Waals surface area (Å²) in [6, 6.07) is 8.52. The van der Waals surface area contributed by atoms with Crippen molar-refractivity contribution in [2.45, 2.75) is 33.1 Å². The zero-order chi connectivity index (χ0) is 17.5. The van der Waals surface area contributed by atoms with Crippen LogP contribution >= 0.6 is 24.0 Å². The summed E-state index contributed by atoms with van der Waals surface area (Å²) in [4.78, 5) is 17.1. The molecule has 0 atom stereocenters. The fourth-order valence-electron chi connectivity index (χ4n) is 3.42. The number of rotatable bonds is 3. The number of carbonyl (C=O) groups excluding carboxylic acids is 1.